The van der Waals surface area contributed by atoms with Crippen molar-refractivity contribution in [3.05, 3.63) is 101 Å². The first-order valence-corrected chi connectivity index (χ1v) is 12.1. The maximum absolute atomic E-state index is 13.4. The Balaban J connectivity index is 1.46. The molecular formula is C28H22F6N4O. The number of fused-ring (bicyclic) bond motifs is 1. The molecule has 2 aromatic heterocycles. The molecule has 0 saturated heterocycles. The molecule has 0 radical (unpaired) electrons. The second-order valence-corrected chi connectivity index (χ2v) is 9.37. The van der Waals surface area contributed by atoms with Crippen LogP contribution < -0.4 is 0 Å². The van der Waals surface area contributed by atoms with Gasteiger partial charge in [-0.1, -0.05) is 18.2 Å². The van der Waals surface area contributed by atoms with Gasteiger partial charge in [-0.05, 0) is 65.9 Å². The number of hydrogen-bond acceptors (Lipinski definition) is 2. The van der Waals surface area contributed by atoms with Crippen molar-refractivity contribution in [3.8, 4) is 0 Å². The van der Waals surface area contributed by atoms with Gasteiger partial charge in [-0.25, -0.2) is 9.79 Å². The van der Waals surface area contributed by atoms with E-state index in [-0.39, 0.29) is 31.0 Å². The molecule has 2 aromatic carbocycles. The minimum atomic E-state index is -4.94. The number of pyridine rings is 1. The van der Waals surface area contributed by atoms with Gasteiger partial charge >= 0.3 is 18.4 Å². The first-order chi connectivity index (χ1) is 18.5. The summed E-state index contributed by atoms with van der Waals surface area (Å²) in [5, 5.41) is 0.937. The van der Waals surface area contributed by atoms with Gasteiger partial charge in [0.15, 0.2) is 0 Å². The number of rotatable bonds is 7. The third kappa shape index (κ3) is 5.81. The van der Waals surface area contributed by atoms with Crippen molar-refractivity contribution >= 4 is 22.6 Å². The lowest BCUT2D eigenvalue weighted by Crippen LogP contribution is -2.38. The Morgan fingerprint density at radius 3 is 2.21 bits per heavy atom. The monoisotopic (exact) mass is 544 g/mol. The number of halogens is 6. The third-order valence-electron chi connectivity index (χ3n) is 6.75. The number of urea groups is 1. The minimum Gasteiger partial charge on any atom is -0.361 e. The predicted octanol–water partition coefficient (Wildman–Crippen LogP) is 7.22. The Labute approximate surface area is 219 Å². The molecule has 1 N–H and O–H groups in total. The molecule has 0 spiro atoms. The maximum atomic E-state index is 13.4. The lowest BCUT2D eigenvalue weighted by molar-refractivity contribution is -0.143. The fourth-order valence-corrected chi connectivity index (χ4v) is 4.86. The molecule has 4 aromatic rings. The van der Waals surface area contributed by atoms with E-state index in [9.17, 15) is 31.1 Å². The number of aromatic amines is 1. The first kappa shape index (κ1) is 26.5. The molecule has 11 heteroatoms. The van der Waals surface area contributed by atoms with Crippen molar-refractivity contribution in [1.82, 2.24) is 14.9 Å². The van der Waals surface area contributed by atoms with Crippen LogP contribution in [0, 0.1) is 0 Å². The van der Waals surface area contributed by atoms with E-state index in [1.165, 1.54) is 4.90 Å². The molecule has 0 saturated carbocycles. The summed E-state index contributed by atoms with van der Waals surface area (Å²) >= 11 is 0. The highest BCUT2D eigenvalue weighted by Crippen LogP contribution is 2.37. The Hall–Kier alpha value is -4.15. The topological polar surface area (TPSA) is 61.4 Å². The average molecular weight is 544 g/mol. The first-order valence-electron chi connectivity index (χ1n) is 12.1. The summed E-state index contributed by atoms with van der Waals surface area (Å²) in [5.74, 6) is 0. The van der Waals surface area contributed by atoms with E-state index in [0.717, 1.165) is 34.2 Å². The molecule has 1 aliphatic rings. The van der Waals surface area contributed by atoms with Gasteiger partial charge in [-0.3, -0.25) is 4.98 Å². The van der Waals surface area contributed by atoms with Gasteiger partial charge in [-0.15, -0.1) is 0 Å². The zero-order chi connectivity index (χ0) is 27.8. The minimum absolute atomic E-state index is 0.0939. The SMILES string of the molecule is O=C1N=C(Cc2c[nH]c3ccccc23)C(CCc2cc(C(F)(F)F)cc(C(F)(F)F)c2)N1Cc1ccncc1. The van der Waals surface area contributed by atoms with Crippen molar-refractivity contribution in [3.63, 3.8) is 0 Å². The molecule has 0 fully saturated rings. The number of aromatic nitrogens is 2. The highest BCUT2D eigenvalue weighted by atomic mass is 19.4. The molecular weight excluding hydrogens is 522 g/mol. The molecule has 39 heavy (non-hydrogen) atoms. The third-order valence-corrected chi connectivity index (χ3v) is 6.75. The number of carbonyl (C=O) groups is 1. The summed E-state index contributed by atoms with van der Waals surface area (Å²) < 4.78 is 80.3. The number of benzene rings is 2. The highest BCUT2D eigenvalue weighted by molar-refractivity contribution is 6.06. The van der Waals surface area contributed by atoms with E-state index in [4.69, 9.17) is 0 Å². The number of nitrogens with zero attached hydrogens (tertiary/aromatic N) is 3. The zero-order valence-electron chi connectivity index (χ0n) is 20.4. The zero-order valence-corrected chi connectivity index (χ0v) is 20.4. The van der Waals surface area contributed by atoms with Crippen molar-refractivity contribution in [2.45, 2.75) is 44.2 Å². The van der Waals surface area contributed by atoms with Crippen LogP contribution in [0.5, 0.6) is 0 Å². The fourth-order valence-electron chi connectivity index (χ4n) is 4.86. The Morgan fingerprint density at radius 2 is 1.54 bits per heavy atom. The van der Waals surface area contributed by atoms with Crippen molar-refractivity contribution in [1.29, 1.82) is 0 Å². The Morgan fingerprint density at radius 1 is 0.872 bits per heavy atom. The summed E-state index contributed by atoms with van der Waals surface area (Å²) in [7, 11) is 0. The number of aliphatic imine (C=N–C) groups is 1. The summed E-state index contributed by atoms with van der Waals surface area (Å²) in [4.78, 5) is 25.9. The number of amides is 2. The Bertz CT molecular complexity index is 1490. The molecule has 1 atom stereocenters. The molecule has 202 valence electrons. The Kier molecular flexibility index (Phi) is 6.92. The molecule has 2 amide bonds. The maximum Gasteiger partial charge on any atom is 0.416 e. The number of nitrogens with one attached hydrogen (secondary N) is 1. The van der Waals surface area contributed by atoms with Crippen molar-refractivity contribution < 1.29 is 31.1 Å². The fraction of sp³-hybridized carbons (Fsp3) is 0.250. The number of hydrogen-bond donors (Lipinski definition) is 1. The second-order valence-electron chi connectivity index (χ2n) is 9.37. The second kappa shape index (κ2) is 10.2. The van der Waals surface area contributed by atoms with Gasteiger partial charge in [0.1, 0.15) is 0 Å². The standard InChI is InChI=1S/C28H22F6N4O/c29-27(30,31)20-11-18(12-21(14-20)28(32,33)34)5-6-25-24(13-19-15-36-23-4-2-1-3-22(19)23)37-26(39)38(25)16-17-7-9-35-10-8-17/h1-4,7-12,14-15,25,36H,5-6,13,16H2. The van der Waals surface area contributed by atoms with E-state index in [1.807, 2.05) is 30.5 Å². The normalized spacial score (nSPS) is 16.3. The molecule has 1 aliphatic heterocycles. The summed E-state index contributed by atoms with van der Waals surface area (Å²) in [6.07, 6.45) is -4.66. The van der Waals surface area contributed by atoms with Gasteiger partial charge < -0.3 is 9.88 Å². The van der Waals surface area contributed by atoms with Crippen LogP contribution in [-0.2, 0) is 31.7 Å². The van der Waals surface area contributed by atoms with E-state index >= 15 is 0 Å². The van der Waals surface area contributed by atoms with E-state index in [1.54, 1.807) is 24.5 Å². The lowest BCUT2D eigenvalue weighted by atomic mass is 9.94. The molecule has 5 rings (SSSR count). The van der Waals surface area contributed by atoms with Crippen LogP contribution in [0.2, 0.25) is 0 Å². The van der Waals surface area contributed by atoms with Gasteiger partial charge in [0.25, 0.3) is 0 Å². The summed E-state index contributed by atoms with van der Waals surface area (Å²) in [6, 6.07) is 11.5. The summed E-state index contributed by atoms with van der Waals surface area (Å²) in [5.41, 5.74) is 0.198. The number of aryl methyl sites for hydroxylation is 1. The number of alkyl halides is 6. The van der Waals surface area contributed by atoms with Crippen LogP contribution in [0.25, 0.3) is 10.9 Å². The average Bonchev–Trinajstić information content (AvgIpc) is 3.42. The van der Waals surface area contributed by atoms with Crippen LogP contribution in [0.3, 0.4) is 0 Å². The van der Waals surface area contributed by atoms with Crippen LogP contribution >= 0.6 is 0 Å². The van der Waals surface area contributed by atoms with Crippen molar-refractivity contribution in [2.24, 2.45) is 4.99 Å². The van der Waals surface area contributed by atoms with Crippen LogP contribution in [0.4, 0.5) is 31.1 Å². The molecule has 0 aliphatic carbocycles. The molecule has 3 heterocycles. The van der Waals surface area contributed by atoms with E-state index in [2.05, 4.69) is 15.0 Å². The van der Waals surface area contributed by atoms with Gasteiger partial charge in [0.05, 0.1) is 22.9 Å². The van der Waals surface area contributed by atoms with E-state index in [0.29, 0.717) is 12.1 Å². The van der Waals surface area contributed by atoms with E-state index < -0.39 is 35.6 Å². The van der Waals surface area contributed by atoms with Gasteiger partial charge in [-0.2, -0.15) is 26.3 Å². The van der Waals surface area contributed by atoms with Crippen LogP contribution in [0.1, 0.15) is 34.2 Å². The lowest BCUT2D eigenvalue weighted by Gasteiger charge is -2.26. The molecule has 1 unspecified atom stereocenters. The number of carbonyl (C=O) groups excluding carboxylic acids is 1. The van der Waals surface area contributed by atoms with Gasteiger partial charge in [0, 0.05) is 42.5 Å². The van der Waals surface area contributed by atoms with Crippen molar-refractivity contribution in [2.75, 3.05) is 0 Å². The summed E-state index contributed by atoms with van der Waals surface area (Å²) in [6.45, 7) is 0.170. The quantitative estimate of drug-likeness (QED) is 0.250. The van der Waals surface area contributed by atoms with Crippen LogP contribution in [0.15, 0.2) is 78.2 Å². The largest absolute Gasteiger partial charge is 0.416 e. The number of H-pyrrole nitrogens is 1. The number of para-hydroxylation sites is 1. The predicted molar refractivity (Wildman–Crippen MR) is 133 cm³/mol. The molecule has 5 nitrogen and oxygen atoms in total. The van der Waals surface area contributed by atoms with Crippen LogP contribution in [-0.4, -0.2) is 32.7 Å². The highest BCUT2D eigenvalue weighted by Gasteiger charge is 2.38. The molecule has 0 bridgehead atoms. The smallest absolute Gasteiger partial charge is 0.361 e. The van der Waals surface area contributed by atoms with Gasteiger partial charge in [0.2, 0.25) is 0 Å².